The first-order chi connectivity index (χ1) is 11.5. The Labute approximate surface area is 156 Å². The number of rotatable bonds is 3. The largest absolute Gasteiger partial charge is 0.285 e. The lowest BCUT2D eigenvalue weighted by molar-refractivity contribution is -0.123. The highest BCUT2D eigenvalue weighted by Gasteiger charge is 2.33. The Morgan fingerprint density at radius 3 is 2.88 bits per heavy atom. The quantitative estimate of drug-likeness (QED) is 0.610. The molecule has 0 atom stereocenters. The molecule has 2 heterocycles. The van der Waals surface area contributed by atoms with Gasteiger partial charge in [-0.2, -0.15) is 5.01 Å². The van der Waals surface area contributed by atoms with E-state index < -0.39 is 5.91 Å². The molecule has 0 bridgehead atoms. The second kappa shape index (κ2) is 7.25. The van der Waals surface area contributed by atoms with E-state index in [1.165, 1.54) is 6.20 Å². The summed E-state index contributed by atoms with van der Waals surface area (Å²) in [6, 6.07) is 10.8. The summed E-state index contributed by atoms with van der Waals surface area (Å²) in [7, 11) is 0. The van der Waals surface area contributed by atoms with Gasteiger partial charge in [-0.3, -0.25) is 20.0 Å². The second-order valence-corrected chi connectivity index (χ2v) is 7.35. The highest BCUT2D eigenvalue weighted by molar-refractivity contribution is 9.10. The summed E-state index contributed by atoms with van der Waals surface area (Å²) in [6.45, 7) is 0. The molecular formula is C16H10BrN3O2S2. The Kier molecular flexibility index (Phi) is 5.08. The van der Waals surface area contributed by atoms with Gasteiger partial charge in [0.2, 0.25) is 0 Å². The lowest BCUT2D eigenvalue weighted by Crippen LogP contribution is -2.44. The van der Waals surface area contributed by atoms with Crippen LogP contribution in [0.1, 0.15) is 15.9 Å². The van der Waals surface area contributed by atoms with Crippen LogP contribution < -0.4 is 5.43 Å². The maximum absolute atomic E-state index is 12.5. The van der Waals surface area contributed by atoms with E-state index in [-0.39, 0.29) is 10.2 Å². The highest BCUT2D eigenvalue weighted by atomic mass is 79.9. The van der Waals surface area contributed by atoms with Gasteiger partial charge in [0.05, 0.1) is 10.5 Å². The summed E-state index contributed by atoms with van der Waals surface area (Å²) in [4.78, 5) is 29.0. The van der Waals surface area contributed by atoms with Gasteiger partial charge in [-0.1, -0.05) is 39.8 Å². The molecule has 0 spiro atoms. The molecule has 1 aliphatic rings. The first-order valence-electron chi connectivity index (χ1n) is 6.79. The number of aromatic nitrogens is 1. The number of nitrogens with zero attached hydrogens (tertiary/aromatic N) is 2. The summed E-state index contributed by atoms with van der Waals surface area (Å²) in [6.07, 6.45) is 4.72. The number of benzene rings is 1. The molecule has 0 radical (unpaired) electrons. The monoisotopic (exact) mass is 419 g/mol. The molecular weight excluding hydrogens is 410 g/mol. The number of halogens is 1. The molecule has 1 fully saturated rings. The molecule has 1 aromatic carbocycles. The molecule has 120 valence electrons. The van der Waals surface area contributed by atoms with Crippen molar-refractivity contribution in [3.63, 3.8) is 0 Å². The minimum Gasteiger partial charge on any atom is -0.267 e. The third-order valence-electron chi connectivity index (χ3n) is 3.08. The zero-order valence-corrected chi connectivity index (χ0v) is 15.3. The van der Waals surface area contributed by atoms with E-state index in [1.54, 1.807) is 24.4 Å². The third-order valence-corrected chi connectivity index (χ3v) is 4.87. The van der Waals surface area contributed by atoms with Crippen LogP contribution in [0.15, 0.2) is 58.2 Å². The number of hydrazine groups is 1. The molecule has 8 heteroatoms. The molecule has 0 unspecified atom stereocenters. The van der Waals surface area contributed by atoms with E-state index in [1.807, 2.05) is 24.3 Å². The van der Waals surface area contributed by atoms with Crippen molar-refractivity contribution in [2.45, 2.75) is 0 Å². The average Bonchev–Trinajstić information content (AvgIpc) is 2.83. The first-order valence-corrected chi connectivity index (χ1v) is 8.81. The molecule has 3 rings (SSSR count). The normalized spacial score (nSPS) is 15.9. The maximum atomic E-state index is 12.5. The number of carbonyl (C=O) groups is 2. The Hall–Kier alpha value is -2.03. The van der Waals surface area contributed by atoms with Crippen LogP contribution in [-0.2, 0) is 4.79 Å². The van der Waals surface area contributed by atoms with Crippen molar-refractivity contribution in [1.82, 2.24) is 15.4 Å². The number of thiocarbonyl (C=S) groups is 1. The van der Waals surface area contributed by atoms with E-state index in [0.717, 1.165) is 26.8 Å². The predicted octanol–water partition coefficient (Wildman–Crippen LogP) is 3.39. The summed E-state index contributed by atoms with van der Waals surface area (Å²) >= 11 is 9.72. The molecule has 1 aromatic heterocycles. The molecule has 5 nitrogen and oxygen atoms in total. The van der Waals surface area contributed by atoms with E-state index in [4.69, 9.17) is 12.2 Å². The van der Waals surface area contributed by atoms with Crippen LogP contribution >= 0.6 is 39.9 Å². The summed E-state index contributed by atoms with van der Waals surface area (Å²) in [5, 5.41) is 1.08. The topological polar surface area (TPSA) is 62.3 Å². The van der Waals surface area contributed by atoms with Gasteiger partial charge < -0.3 is 0 Å². The molecule has 0 saturated carbocycles. The SMILES string of the molecule is O=C(NN1C(=O)C(=Cc2cccc(Br)c2)SC1=S)c1cccnc1. The molecule has 24 heavy (non-hydrogen) atoms. The van der Waals surface area contributed by atoms with Crippen LogP contribution in [0.25, 0.3) is 6.08 Å². The van der Waals surface area contributed by atoms with E-state index >= 15 is 0 Å². The van der Waals surface area contributed by atoms with Crippen LogP contribution in [0.5, 0.6) is 0 Å². The van der Waals surface area contributed by atoms with Crippen LogP contribution in [0.3, 0.4) is 0 Å². The van der Waals surface area contributed by atoms with E-state index in [9.17, 15) is 9.59 Å². The van der Waals surface area contributed by atoms with E-state index in [0.29, 0.717) is 10.5 Å². The number of thioether (sulfide) groups is 1. The molecule has 2 amide bonds. The van der Waals surface area contributed by atoms with Gasteiger partial charge in [-0.25, -0.2) is 0 Å². The van der Waals surface area contributed by atoms with Gasteiger partial charge in [0, 0.05) is 16.9 Å². The van der Waals surface area contributed by atoms with Crippen molar-refractivity contribution in [3.8, 4) is 0 Å². The lowest BCUT2D eigenvalue weighted by atomic mass is 10.2. The number of hydrogen-bond donors (Lipinski definition) is 1. The van der Waals surface area contributed by atoms with Gasteiger partial charge in [0.15, 0.2) is 4.32 Å². The molecule has 1 N–H and O–H groups in total. The van der Waals surface area contributed by atoms with E-state index in [2.05, 4.69) is 26.3 Å². The number of carbonyl (C=O) groups excluding carboxylic acids is 2. The average molecular weight is 420 g/mol. The van der Waals surface area contributed by atoms with Crippen molar-refractivity contribution < 1.29 is 9.59 Å². The van der Waals surface area contributed by atoms with Crippen LogP contribution in [0, 0.1) is 0 Å². The number of nitrogens with one attached hydrogen (secondary N) is 1. The van der Waals surface area contributed by atoms with Crippen molar-refractivity contribution in [2.75, 3.05) is 0 Å². The summed E-state index contributed by atoms with van der Waals surface area (Å²) < 4.78 is 1.19. The second-order valence-electron chi connectivity index (χ2n) is 4.75. The minimum absolute atomic E-state index is 0.276. The zero-order valence-electron chi connectivity index (χ0n) is 12.1. The Balaban J connectivity index is 1.78. The molecule has 2 aromatic rings. The fourth-order valence-corrected chi connectivity index (χ4v) is 3.57. The molecule has 1 saturated heterocycles. The Bertz CT molecular complexity index is 855. The number of amides is 2. The van der Waals surface area contributed by atoms with Crippen LogP contribution in [0.4, 0.5) is 0 Å². The third kappa shape index (κ3) is 3.72. The number of pyridine rings is 1. The summed E-state index contributed by atoms with van der Waals surface area (Å²) in [5.74, 6) is -0.801. The molecule has 0 aliphatic carbocycles. The van der Waals surface area contributed by atoms with Gasteiger partial charge in [-0.15, -0.1) is 0 Å². The van der Waals surface area contributed by atoms with Gasteiger partial charge in [-0.05, 0) is 48.1 Å². The Morgan fingerprint density at radius 1 is 1.33 bits per heavy atom. The van der Waals surface area contributed by atoms with Crippen LogP contribution in [-0.4, -0.2) is 26.1 Å². The first kappa shape index (κ1) is 16.8. The van der Waals surface area contributed by atoms with Gasteiger partial charge in [0.1, 0.15) is 0 Å². The van der Waals surface area contributed by atoms with Gasteiger partial charge >= 0.3 is 0 Å². The standard InChI is InChI=1S/C16H10BrN3O2S2/c17-12-5-1-3-10(7-12)8-13-15(22)20(16(23)24-13)19-14(21)11-4-2-6-18-9-11/h1-9H,(H,19,21). The zero-order chi connectivity index (χ0) is 17.1. The predicted molar refractivity (Wildman–Crippen MR) is 101 cm³/mol. The van der Waals surface area contributed by atoms with Crippen LogP contribution in [0.2, 0.25) is 0 Å². The smallest absolute Gasteiger partial charge is 0.267 e. The van der Waals surface area contributed by atoms with Crippen molar-refractivity contribution >= 4 is 62.1 Å². The fourth-order valence-electron chi connectivity index (χ4n) is 1.97. The maximum Gasteiger partial charge on any atom is 0.285 e. The lowest BCUT2D eigenvalue weighted by Gasteiger charge is -2.15. The van der Waals surface area contributed by atoms with Crippen molar-refractivity contribution in [1.29, 1.82) is 0 Å². The Morgan fingerprint density at radius 2 is 2.17 bits per heavy atom. The van der Waals surface area contributed by atoms with Crippen molar-refractivity contribution in [2.24, 2.45) is 0 Å². The van der Waals surface area contributed by atoms with Gasteiger partial charge in [0.25, 0.3) is 11.8 Å². The number of hydrogen-bond acceptors (Lipinski definition) is 5. The fraction of sp³-hybridized carbons (Fsp3) is 0. The molecule has 1 aliphatic heterocycles. The minimum atomic E-state index is -0.442. The summed E-state index contributed by atoms with van der Waals surface area (Å²) in [5.41, 5.74) is 3.73. The van der Waals surface area contributed by atoms with Crippen molar-refractivity contribution in [3.05, 3.63) is 69.3 Å². The highest BCUT2D eigenvalue weighted by Crippen LogP contribution is 2.31.